The number of benzene rings is 4. The van der Waals surface area contributed by atoms with Crippen molar-refractivity contribution in [3.05, 3.63) is 144 Å². The van der Waals surface area contributed by atoms with Gasteiger partial charge in [0.1, 0.15) is 49.3 Å². The summed E-state index contributed by atoms with van der Waals surface area (Å²) in [5.41, 5.74) is 1.75. The summed E-state index contributed by atoms with van der Waals surface area (Å²) in [6.45, 7) is 0.554. The van der Waals surface area contributed by atoms with Gasteiger partial charge in [-0.1, -0.05) is 121 Å². The second-order valence-electron chi connectivity index (χ2n) is 13.8. The van der Waals surface area contributed by atoms with Gasteiger partial charge < -0.3 is 52.5 Å². The quantitative estimate of drug-likeness (QED) is 0.150. The van der Waals surface area contributed by atoms with Crippen molar-refractivity contribution in [2.75, 3.05) is 27.4 Å². The first kappa shape index (κ1) is 39.2. The van der Waals surface area contributed by atoms with Gasteiger partial charge in [-0.15, -0.1) is 0 Å². The summed E-state index contributed by atoms with van der Waals surface area (Å²) in [7, 11) is 3.01. The average Bonchev–Trinajstić information content (AvgIpc) is 3.45. The second-order valence-corrected chi connectivity index (χ2v) is 13.8. The highest BCUT2D eigenvalue weighted by Crippen LogP contribution is 2.42. The minimum Gasteiger partial charge on any atom is -0.459 e. The van der Waals surface area contributed by atoms with Crippen LogP contribution in [0.15, 0.2) is 121 Å². The van der Waals surface area contributed by atoms with Crippen LogP contribution in [-0.4, -0.2) is 99.4 Å². The lowest BCUT2D eigenvalue weighted by Gasteiger charge is -2.48. The normalized spacial score (nSPS) is 30.2. The van der Waals surface area contributed by atoms with E-state index in [1.165, 1.54) is 7.11 Å². The Bertz CT molecular complexity index is 1750. The van der Waals surface area contributed by atoms with Crippen molar-refractivity contribution in [2.24, 2.45) is 0 Å². The highest BCUT2D eigenvalue weighted by atomic mass is 16.8. The molecule has 0 saturated carbocycles. The molecule has 3 fully saturated rings. The van der Waals surface area contributed by atoms with Gasteiger partial charge in [0.25, 0.3) is 0 Å². The van der Waals surface area contributed by atoms with E-state index in [1.807, 2.05) is 121 Å². The third kappa shape index (κ3) is 9.16. The fourth-order valence-corrected chi connectivity index (χ4v) is 7.18. The molecule has 0 unspecified atom stereocenters. The van der Waals surface area contributed by atoms with Crippen LogP contribution in [0.5, 0.6) is 0 Å². The van der Waals surface area contributed by atoms with E-state index in [1.54, 1.807) is 7.11 Å². The van der Waals surface area contributed by atoms with Crippen molar-refractivity contribution >= 4 is 5.97 Å². The van der Waals surface area contributed by atoms with Gasteiger partial charge in [-0.2, -0.15) is 0 Å². The van der Waals surface area contributed by atoms with Crippen molar-refractivity contribution in [2.45, 2.75) is 87.3 Å². The molecule has 12 heteroatoms. The van der Waals surface area contributed by atoms with Gasteiger partial charge in [-0.25, -0.2) is 4.79 Å². The molecule has 0 radical (unpaired) electrons. The lowest BCUT2D eigenvalue weighted by molar-refractivity contribution is -0.365. The SMILES string of the molecule is CO[C@H]1O[C@H](COCc2ccccc2)[C@@H](O[C@@H]2O[C@]3(C(=O)OCc4ccccc4)CO[C@H]([C@H]2OC)[C@@H]3O)[C@H](OCc2ccccc2)[C@H]1OCc1ccccc1. The number of aliphatic hydroxyl groups excluding tert-OH is 1. The molecular weight excluding hydrogens is 708 g/mol. The third-order valence-electron chi connectivity index (χ3n) is 10.1. The van der Waals surface area contributed by atoms with Crippen molar-refractivity contribution in [3.63, 3.8) is 0 Å². The van der Waals surface area contributed by atoms with E-state index in [4.69, 9.17) is 47.4 Å². The molecule has 292 valence electrons. The van der Waals surface area contributed by atoms with E-state index in [9.17, 15) is 9.90 Å². The molecule has 12 nitrogen and oxygen atoms in total. The zero-order chi connectivity index (χ0) is 38.0. The van der Waals surface area contributed by atoms with Gasteiger partial charge >= 0.3 is 5.97 Å². The van der Waals surface area contributed by atoms with Gasteiger partial charge in [0.05, 0.1) is 33.0 Å². The average molecular weight is 757 g/mol. The number of carbonyl (C=O) groups excluding carboxylic acids is 1. The Labute approximate surface area is 321 Å². The second kappa shape index (κ2) is 18.7. The largest absolute Gasteiger partial charge is 0.459 e. The van der Waals surface area contributed by atoms with Crippen LogP contribution in [0.25, 0.3) is 0 Å². The molecule has 0 aromatic heterocycles. The Kier molecular flexibility index (Phi) is 13.3. The standard InChI is InChI=1S/C43H48O12/c1-46-37-36-39(44)43(28-52-36,42(45)51-26-32-21-13-6-14-22-32)55-41(37)54-34-33(27-48-23-29-15-7-3-8-16-29)53-40(47-2)38(50-25-31-19-11-5-12-20-31)35(34)49-24-30-17-9-4-10-18-30/h3-22,33-41,44H,23-28H2,1-2H3/t33-,34-,35+,36-,37-,38-,39+,40+,41-,43-/m1/s1. The highest BCUT2D eigenvalue weighted by Gasteiger charge is 2.66. The number of hydrogen-bond donors (Lipinski definition) is 1. The van der Waals surface area contributed by atoms with E-state index in [-0.39, 0.29) is 33.0 Å². The Balaban J connectivity index is 1.19. The molecule has 0 aliphatic carbocycles. The van der Waals surface area contributed by atoms with Crippen LogP contribution in [-0.2, 0) is 78.6 Å². The fraction of sp³-hybridized carbons (Fsp3) is 0.419. The molecule has 4 aromatic carbocycles. The van der Waals surface area contributed by atoms with E-state index in [0.717, 1.165) is 22.3 Å². The molecule has 2 bridgehead atoms. The van der Waals surface area contributed by atoms with Crippen molar-refractivity contribution in [1.82, 2.24) is 0 Å². The van der Waals surface area contributed by atoms with Crippen LogP contribution in [0.4, 0.5) is 0 Å². The molecule has 10 atom stereocenters. The van der Waals surface area contributed by atoms with Crippen LogP contribution >= 0.6 is 0 Å². The number of methoxy groups -OCH3 is 2. The van der Waals surface area contributed by atoms with E-state index in [0.29, 0.717) is 6.61 Å². The number of esters is 1. The van der Waals surface area contributed by atoms with Gasteiger partial charge in [0, 0.05) is 14.2 Å². The zero-order valence-electron chi connectivity index (χ0n) is 30.9. The number of aliphatic hydroxyl groups is 1. The predicted octanol–water partition coefficient (Wildman–Crippen LogP) is 4.74. The zero-order valence-corrected chi connectivity index (χ0v) is 30.9. The molecule has 0 spiro atoms. The first-order valence-corrected chi connectivity index (χ1v) is 18.5. The minimum absolute atomic E-state index is 0.0209. The Morgan fingerprint density at radius 1 is 0.655 bits per heavy atom. The Hall–Kier alpha value is -4.05. The number of ether oxygens (including phenoxy) is 10. The third-order valence-corrected chi connectivity index (χ3v) is 10.1. The number of rotatable bonds is 17. The summed E-state index contributed by atoms with van der Waals surface area (Å²) in [4.78, 5) is 13.8. The molecule has 55 heavy (non-hydrogen) atoms. The lowest BCUT2D eigenvalue weighted by Crippen LogP contribution is -2.67. The number of hydrogen-bond acceptors (Lipinski definition) is 12. The monoisotopic (exact) mass is 756 g/mol. The first-order valence-electron chi connectivity index (χ1n) is 18.5. The molecule has 0 amide bonds. The smallest absolute Gasteiger partial charge is 0.344 e. The maximum absolute atomic E-state index is 13.8. The van der Waals surface area contributed by atoms with Crippen LogP contribution in [0, 0.1) is 0 Å². The molecule has 7 rings (SSSR count). The van der Waals surface area contributed by atoms with Gasteiger partial charge in [-0.3, -0.25) is 0 Å². The van der Waals surface area contributed by atoms with Crippen LogP contribution < -0.4 is 0 Å². The van der Waals surface area contributed by atoms with E-state index in [2.05, 4.69) is 0 Å². The van der Waals surface area contributed by atoms with Crippen molar-refractivity contribution < 1.29 is 57.3 Å². The molecular formula is C43H48O12. The van der Waals surface area contributed by atoms with Crippen LogP contribution in [0.1, 0.15) is 22.3 Å². The topological polar surface area (TPSA) is 130 Å². The lowest BCUT2D eigenvalue weighted by atomic mass is 9.90. The Morgan fingerprint density at radius 3 is 1.73 bits per heavy atom. The van der Waals surface area contributed by atoms with Gasteiger partial charge in [0.15, 0.2) is 12.6 Å². The summed E-state index contributed by atoms with van der Waals surface area (Å²) >= 11 is 0. The fourth-order valence-electron chi connectivity index (χ4n) is 7.18. The van der Waals surface area contributed by atoms with Gasteiger partial charge in [-0.05, 0) is 22.3 Å². The van der Waals surface area contributed by atoms with Crippen LogP contribution in [0.3, 0.4) is 0 Å². The molecule has 3 heterocycles. The molecule has 4 aromatic rings. The maximum atomic E-state index is 13.8. The molecule has 3 aliphatic heterocycles. The molecule has 3 saturated heterocycles. The molecule has 1 N–H and O–H groups in total. The first-order chi connectivity index (χ1) is 27.0. The van der Waals surface area contributed by atoms with Gasteiger partial charge in [0.2, 0.25) is 5.60 Å². The van der Waals surface area contributed by atoms with Crippen LogP contribution in [0.2, 0.25) is 0 Å². The summed E-state index contributed by atoms with van der Waals surface area (Å²) in [6, 6.07) is 38.5. The summed E-state index contributed by atoms with van der Waals surface area (Å²) in [5.74, 6) is -0.780. The maximum Gasteiger partial charge on any atom is 0.344 e. The summed E-state index contributed by atoms with van der Waals surface area (Å²) in [6.07, 6.45) is -8.74. The highest BCUT2D eigenvalue weighted by molar-refractivity contribution is 5.81. The summed E-state index contributed by atoms with van der Waals surface area (Å²) in [5, 5.41) is 11.5. The van der Waals surface area contributed by atoms with Crippen molar-refractivity contribution in [3.8, 4) is 0 Å². The number of carbonyl (C=O) groups is 1. The Morgan fingerprint density at radius 2 is 1.18 bits per heavy atom. The molecule has 3 aliphatic rings. The predicted molar refractivity (Wildman–Crippen MR) is 197 cm³/mol. The summed E-state index contributed by atoms with van der Waals surface area (Å²) < 4.78 is 62.9. The van der Waals surface area contributed by atoms with E-state index < -0.39 is 66.9 Å². The number of fused-ring (bicyclic) bond motifs is 2. The van der Waals surface area contributed by atoms with E-state index >= 15 is 0 Å². The minimum atomic E-state index is -1.88. The van der Waals surface area contributed by atoms with Crippen molar-refractivity contribution in [1.29, 1.82) is 0 Å².